The molecule has 1 aromatic rings. The van der Waals surface area contributed by atoms with Crippen LogP contribution in [0.4, 0.5) is 11.4 Å². The molecule has 0 atom stereocenters. The van der Waals surface area contributed by atoms with Crippen molar-refractivity contribution in [3.05, 3.63) is 33.4 Å². The van der Waals surface area contributed by atoms with Gasteiger partial charge in [-0.1, -0.05) is 0 Å². The summed E-state index contributed by atoms with van der Waals surface area (Å²) in [5.74, 6) is -0.190. The van der Waals surface area contributed by atoms with Crippen molar-refractivity contribution in [1.82, 2.24) is 0 Å². The van der Waals surface area contributed by atoms with Crippen molar-refractivity contribution < 1.29 is 9.72 Å². The lowest BCUT2D eigenvalue weighted by molar-refractivity contribution is -0.385. The van der Waals surface area contributed by atoms with Crippen LogP contribution in [0.2, 0.25) is 0 Å². The van der Waals surface area contributed by atoms with Gasteiger partial charge in [-0.3, -0.25) is 14.9 Å². The molecule has 0 spiro atoms. The lowest BCUT2D eigenvalue weighted by Crippen LogP contribution is -2.33. The smallest absolute Gasteiger partial charge is 0.274 e. The highest BCUT2D eigenvalue weighted by atomic mass is 16.6. The Bertz CT molecular complexity index is 533. The summed E-state index contributed by atoms with van der Waals surface area (Å²) in [6.07, 6.45) is 0.830. The van der Waals surface area contributed by atoms with E-state index >= 15 is 0 Å². The maximum absolute atomic E-state index is 11.8. The largest absolute Gasteiger partial charge is 0.326 e. The first kappa shape index (κ1) is 16.1. The van der Waals surface area contributed by atoms with Crippen molar-refractivity contribution >= 4 is 17.3 Å². The zero-order valence-corrected chi connectivity index (χ0v) is 12.3. The molecule has 6 nitrogen and oxygen atoms in total. The summed E-state index contributed by atoms with van der Waals surface area (Å²) in [6, 6.07) is 3.09. The summed E-state index contributed by atoms with van der Waals surface area (Å²) in [5, 5.41) is 13.6. The fourth-order valence-corrected chi connectivity index (χ4v) is 1.82. The number of carbonyl (C=O) groups excluding carboxylic acids is 1. The van der Waals surface area contributed by atoms with Crippen LogP contribution in [-0.2, 0) is 4.79 Å². The van der Waals surface area contributed by atoms with Gasteiger partial charge in [0.15, 0.2) is 0 Å². The van der Waals surface area contributed by atoms with Crippen LogP contribution < -0.4 is 11.1 Å². The molecule has 0 saturated heterocycles. The Balaban J connectivity index is 2.85. The van der Waals surface area contributed by atoms with Gasteiger partial charge in [-0.2, -0.15) is 0 Å². The monoisotopic (exact) mass is 279 g/mol. The third kappa shape index (κ3) is 4.62. The van der Waals surface area contributed by atoms with Gasteiger partial charge in [0.1, 0.15) is 0 Å². The molecule has 0 radical (unpaired) electrons. The van der Waals surface area contributed by atoms with Crippen LogP contribution in [0.25, 0.3) is 0 Å². The number of aryl methyl sites for hydroxylation is 2. The standard InChI is InChI=1S/C14H21N3O3/c1-9-7-10(2)12(17(19)20)8-11(9)16-13(18)5-6-14(3,4)15/h7-8H,5-6,15H2,1-4H3,(H,16,18). The topological polar surface area (TPSA) is 98.3 Å². The number of anilines is 1. The highest BCUT2D eigenvalue weighted by molar-refractivity contribution is 5.92. The van der Waals surface area contributed by atoms with Crippen molar-refractivity contribution in [2.75, 3.05) is 5.32 Å². The van der Waals surface area contributed by atoms with Gasteiger partial charge >= 0.3 is 0 Å². The number of rotatable bonds is 5. The van der Waals surface area contributed by atoms with Crippen molar-refractivity contribution in [1.29, 1.82) is 0 Å². The molecule has 1 amide bonds. The van der Waals surface area contributed by atoms with E-state index in [0.717, 1.165) is 5.56 Å². The number of nitrogens with zero attached hydrogens (tertiary/aromatic N) is 1. The van der Waals surface area contributed by atoms with E-state index in [9.17, 15) is 14.9 Å². The number of amides is 1. The lowest BCUT2D eigenvalue weighted by atomic mass is 10.00. The van der Waals surface area contributed by atoms with E-state index in [1.807, 2.05) is 13.8 Å². The number of nitrogens with two attached hydrogens (primary N) is 1. The van der Waals surface area contributed by atoms with Gasteiger partial charge in [-0.15, -0.1) is 0 Å². The second kappa shape index (κ2) is 6.00. The molecule has 0 aliphatic rings. The maximum atomic E-state index is 11.8. The maximum Gasteiger partial charge on any atom is 0.274 e. The fourth-order valence-electron chi connectivity index (χ4n) is 1.82. The van der Waals surface area contributed by atoms with Crippen molar-refractivity contribution in [3.63, 3.8) is 0 Å². The molecule has 1 rings (SSSR count). The van der Waals surface area contributed by atoms with Crippen LogP contribution in [0.1, 0.15) is 37.8 Å². The first-order valence-electron chi connectivity index (χ1n) is 6.44. The molecule has 0 heterocycles. The Morgan fingerprint density at radius 1 is 1.35 bits per heavy atom. The molecule has 6 heteroatoms. The second-order valence-corrected chi connectivity index (χ2v) is 5.75. The predicted molar refractivity (Wildman–Crippen MR) is 78.7 cm³/mol. The minimum atomic E-state index is -0.451. The fraction of sp³-hybridized carbons (Fsp3) is 0.500. The van der Waals surface area contributed by atoms with Crippen molar-refractivity contribution in [2.45, 2.75) is 46.1 Å². The number of benzene rings is 1. The number of carbonyl (C=O) groups is 1. The first-order valence-corrected chi connectivity index (χ1v) is 6.44. The molecule has 0 aromatic heterocycles. The van der Waals surface area contributed by atoms with Gasteiger partial charge in [0.25, 0.3) is 5.69 Å². The number of nitro groups is 1. The van der Waals surface area contributed by atoms with Crippen LogP contribution in [-0.4, -0.2) is 16.4 Å². The molecule has 3 N–H and O–H groups in total. The summed E-state index contributed by atoms with van der Waals surface area (Å²) >= 11 is 0. The Labute approximate surface area is 118 Å². The average Bonchev–Trinajstić information content (AvgIpc) is 2.28. The van der Waals surface area contributed by atoms with E-state index in [0.29, 0.717) is 17.7 Å². The summed E-state index contributed by atoms with van der Waals surface area (Å²) < 4.78 is 0. The Kier molecular flexibility index (Phi) is 4.83. The molecule has 0 fully saturated rings. The van der Waals surface area contributed by atoms with E-state index in [4.69, 9.17) is 5.73 Å². The van der Waals surface area contributed by atoms with Gasteiger partial charge < -0.3 is 11.1 Å². The van der Waals surface area contributed by atoms with Crippen molar-refractivity contribution in [3.8, 4) is 0 Å². The van der Waals surface area contributed by atoms with Gasteiger partial charge in [-0.05, 0) is 45.7 Å². The first-order chi connectivity index (χ1) is 9.10. The van der Waals surface area contributed by atoms with E-state index in [1.165, 1.54) is 6.07 Å². The summed E-state index contributed by atoms with van der Waals surface area (Å²) in [6.45, 7) is 7.18. The Hall–Kier alpha value is -1.95. The second-order valence-electron chi connectivity index (χ2n) is 5.75. The minimum absolute atomic E-state index is 0.00468. The highest BCUT2D eigenvalue weighted by Gasteiger charge is 2.17. The predicted octanol–water partition coefficient (Wildman–Crippen LogP) is 2.67. The molecule has 1 aromatic carbocycles. The van der Waals surface area contributed by atoms with E-state index < -0.39 is 10.5 Å². The normalized spacial score (nSPS) is 11.2. The Morgan fingerprint density at radius 3 is 2.45 bits per heavy atom. The molecule has 20 heavy (non-hydrogen) atoms. The molecular formula is C14H21N3O3. The lowest BCUT2D eigenvalue weighted by Gasteiger charge is -2.18. The summed E-state index contributed by atoms with van der Waals surface area (Å²) in [7, 11) is 0. The van der Waals surface area contributed by atoms with Gasteiger partial charge in [0.05, 0.1) is 10.6 Å². The SMILES string of the molecule is Cc1cc(C)c([N+](=O)[O-])cc1NC(=O)CCC(C)(C)N. The average molecular weight is 279 g/mol. The molecule has 0 saturated carbocycles. The van der Waals surface area contributed by atoms with Gasteiger partial charge in [0, 0.05) is 23.6 Å². The number of nitro benzene ring substituents is 1. The zero-order chi connectivity index (χ0) is 15.5. The molecule has 0 unspecified atom stereocenters. The molecular weight excluding hydrogens is 258 g/mol. The molecule has 0 aliphatic heterocycles. The van der Waals surface area contributed by atoms with Crippen LogP contribution in [0.3, 0.4) is 0 Å². The molecule has 0 aliphatic carbocycles. The van der Waals surface area contributed by atoms with Gasteiger partial charge in [-0.25, -0.2) is 0 Å². The third-order valence-corrected chi connectivity index (χ3v) is 3.01. The van der Waals surface area contributed by atoms with Crippen LogP contribution in [0.15, 0.2) is 12.1 Å². The molecule has 0 bridgehead atoms. The quantitative estimate of drug-likeness (QED) is 0.639. The number of hydrogen-bond acceptors (Lipinski definition) is 4. The van der Waals surface area contributed by atoms with E-state index in [1.54, 1.807) is 19.9 Å². The van der Waals surface area contributed by atoms with Crippen LogP contribution in [0.5, 0.6) is 0 Å². The van der Waals surface area contributed by atoms with Crippen LogP contribution >= 0.6 is 0 Å². The van der Waals surface area contributed by atoms with Crippen molar-refractivity contribution in [2.24, 2.45) is 5.73 Å². The van der Waals surface area contributed by atoms with Gasteiger partial charge in [0.2, 0.25) is 5.91 Å². The Morgan fingerprint density at radius 2 is 1.95 bits per heavy atom. The van der Waals surface area contributed by atoms with E-state index in [2.05, 4.69) is 5.32 Å². The third-order valence-electron chi connectivity index (χ3n) is 3.01. The zero-order valence-electron chi connectivity index (χ0n) is 12.3. The van der Waals surface area contributed by atoms with Crippen LogP contribution in [0, 0.1) is 24.0 Å². The minimum Gasteiger partial charge on any atom is -0.326 e. The van der Waals surface area contributed by atoms with E-state index in [-0.39, 0.29) is 18.0 Å². The summed E-state index contributed by atoms with van der Waals surface area (Å²) in [5.41, 5.74) is 7.27. The summed E-state index contributed by atoms with van der Waals surface area (Å²) in [4.78, 5) is 22.3. The highest BCUT2D eigenvalue weighted by Crippen LogP contribution is 2.26. The molecule has 110 valence electrons. The number of nitrogens with one attached hydrogen (secondary N) is 1. The number of hydrogen-bond donors (Lipinski definition) is 2.